The predicted octanol–water partition coefficient (Wildman–Crippen LogP) is -2.40. The lowest BCUT2D eigenvalue weighted by Crippen LogP contribution is -2.57. The molecule has 2 heterocycles. The van der Waals surface area contributed by atoms with Crippen molar-refractivity contribution < 1.29 is 34.2 Å². The summed E-state index contributed by atoms with van der Waals surface area (Å²) in [7, 11) is 0.759. The van der Waals surface area contributed by atoms with E-state index in [1.54, 1.807) is 31.3 Å². The van der Waals surface area contributed by atoms with Gasteiger partial charge in [0.15, 0.2) is 6.29 Å². The van der Waals surface area contributed by atoms with Crippen LogP contribution in [0, 0.1) is 0 Å². The number of fused-ring (bicyclic) bond motifs is 1. The number of hydrogen-bond donors (Lipinski definition) is 4. The summed E-state index contributed by atoms with van der Waals surface area (Å²) in [5.74, 6) is -0.203. The van der Waals surface area contributed by atoms with Crippen LogP contribution in [0.4, 0.5) is 0 Å². The number of carbonyl (C=O) groups excluding carboxylic acids is 1. The van der Waals surface area contributed by atoms with Crippen molar-refractivity contribution in [3.8, 4) is 0 Å². The summed E-state index contributed by atoms with van der Waals surface area (Å²) in [4.78, 5) is 11.5. The molecule has 2 aliphatic rings. The summed E-state index contributed by atoms with van der Waals surface area (Å²) in [6.07, 6.45) is -5.13. The third-order valence-electron chi connectivity index (χ3n) is 4.04. The molecule has 0 bridgehead atoms. The SMILES string of the molecule is CNC(=O)c1ccc(B2OC3OC(CO)C(O)C(O)C3O2)cc1. The van der Waals surface area contributed by atoms with E-state index >= 15 is 0 Å². The Morgan fingerprint density at radius 1 is 1.22 bits per heavy atom. The Morgan fingerprint density at radius 2 is 1.91 bits per heavy atom. The number of carbonyl (C=O) groups is 1. The van der Waals surface area contributed by atoms with E-state index in [1.807, 2.05) is 0 Å². The maximum absolute atomic E-state index is 11.5. The zero-order valence-corrected chi connectivity index (χ0v) is 12.5. The van der Waals surface area contributed by atoms with E-state index in [-0.39, 0.29) is 5.91 Å². The van der Waals surface area contributed by atoms with Crippen molar-refractivity contribution in [2.45, 2.75) is 30.7 Å². The summed E-state index contributed by atoms with van der Waals surface area (Å²) in [5, 5.41) is 31.6. The van der Waals surface area contributed by atoms with Crippen LogP contribution in [0.2, 0.25) is 0 Å². The molecule has 2 aliphatic heterocycles. The molecule has 1 aromatic rings. The number of aliphatic hydroxyl groups excluding tert-OH is 3. The molecular weight excluding hydrogens is 305 g/mol. The first-order valence-electron chi connectivity index (χ1n) is 7.30. The molecule has 0 radical (unpaired) electrons. The minimum atomic E-state index is -1.25. The molecule has 1 amide bonds. The zero-order chi connectivity index (χ0) is 16.6. The van der Waals surface area contributed by atoms with Gasteiger partial charge in [-0.15, -0.1) is 0 Å². The van der Waals surface area contributed by atoms with E-state index < -0.39 is 44.4 Å². The molecule has 1 aromatic carbocycles. The van der Waals surface area contributed by atoms with Crippen LogP contribution >= 0.6 is 0 Å². The Labute approximate surface area is 133 Å². The van der Waals surface area contributed by atoms with Gasteiger partial charge in [-0.05, 0) is 17.6 Å². The highest BCUT2D eigenvalue weighted by molar-refractivity contribution is 6.61. The molecule has 0 aromatic heterocycles. The van der Waals surface area contributed by atoms with Crippen molar-refractivity contribution in [2.24, 2.45) is 0 Å². The van der Waals surface area contributed by atoms with E-state index in [4.69, 9.17) is 19.2 Å². The van der Waals surface area contributed by atoms with Gasteiger partial charge in [-0.1, -0.05) is 12.1 Å². The van der Waals surface area contributed by atoms with Gasteiger partial charge in [0, 0.05) is 12.6 Å². The molecule has 124 valence electrons. The normalized spacial score (nSPS) is 33.4. The quantitative estimate of drug-likeness (QED) is 0.458. The van der Waals surface area contributed by atoms with Gasteiger partial charge in [0.05, 0.1) is 6.61 Å². The second kappa shape index (κ2) is 6.56. The van der Waals surface area contributed by atoms with Gasteiger partial charge in [-0.2, -0.15) is 0 Å². The smallest absolute Gasteiger partial charge is 0.396 e. The molecule has 4 N–H and O–H groups in total. The van der Waals surface area contributed by atoms with E-state index in [0.717, 1.165) is 0 Å². The molecular formula is C14H18BNO7. The largest absolute Gasteiger partial charge is 0.496 e. The first kappa shape index (κ1) is 16.4. The number of benzene rings is 1. The molecule has 5 atom stereocenters. The Kier molecular flexibility index (Phi) is 4.67. The van der Waals surface area contributed by atoms with E-state index in [2.05, 4.69) is 5.32 Å². The minimum absolute atomic E-state index is 0.203. The van der Waals surface area contributed by atoms with Crippen LogP contribution in [0.3, 0.4) is 0 Å². The molecule has 3 rings (SSSR count). The van der Waals surface area contributed by atoms with Gasteiger partial charge in [0.1, 0.15) is 24.4 Å². The number of amides is 1. The summed E-state index contributed by atoms with van der Waals surface area (Å²) in [5.41, 5.74) is 1.15. The molecule has 0 spiro atoms. The van der Waals surface area contributed by atoms with Crippen LogP contribution in [0.15, 0.2) is 24.3 Å². The standard InChI is InChI=1S/C14H18BNO7/c1-16-13(20)7-2-4-8(5-3-7)15-22-12-11(19)10(18)9(6-17)21-14(12)23-15/h2-5,9-12,14,17-19H,6H2,1H3,(H,16,20). The fourth-order valence-electron chi connectivity index (χ4n) is 2.70. The minimum Gasteiger partial charge on any atom is -0.396 e. The summed E-state index contributed by atoms with van der Waals surface area (Å²) >= 11 is 0. The predicted molar refractivity (Wildman–Crippen MR) is 78.9 cm³/mol. The van der Waals surface area contributed by atoms with Crippen LogP contribution in [0.1, 0.15) is 10.4 Å². The monoisotopic (exact) mass is 323 g/mol. The highest BCUT2D eigenvalue weighted by Crippen LogP contribution is 2.29. The molecule has 8 nitrogen and oxygen atoms in total. The Bertz CT molecular complexity index is 569. The summed E-state index contributed by atoms with van der Waals surface area (Å²) in [6.45, 7) is -0.434. The number of ether oxygens (including phenoxy) is 1. The van der Waals surface area contributed by atoms with Crippen molar-refractivity contribution in [3.05, 3.63) is 29.8 Å². The van der Waals surface area contributed by atoms with Gasteiger partial charge in [0.2, 0.25) is 0 Å². The van der Waals surface area contributed by atoms with Crippen LogP contribution < -0.4 is 10.8 Å². The Morgan fingerprint density at radius 3 is 2.52 bits per heavy atom. The third kappa shape index (κ3) is 2.99. The molecule has 0 aliphatic carbocycles. The van der Waals surface area contributed by atoms with Gasteiger partial charge >= 0.3 is 7.12 Å². The Hall–Kier alpha value is -1.49. The topological polar surface area (TPSA) is 117 Å². The van der Waals surface area contributed by atoms with E-state index in [1.165, 1.54) is 0 Å². The van der Waals surface area contributed by atoms with Crippen molar-refractivity contribution in [3.63, 3.8) is 0 Å². The van der Waals surface area contributed by atoms with Crippen LogP contribution in [-0.2, 0) is 14.0 Å². The Balaban J connectivity index is 1.73. The first-order valence-corrected chi connectivity index (χ1v) is 7.30. The van der Waals surface area contributed by atoms with Crippen molar-refractivity contribution in [2.75, 3.05) is 13.7 Å². The van der Waals surface area contributed by atoms with Gasteiger partial charge < -0.3 is 34.7 Å². The van der Waals surface area contributed by atoms with Gasteiger partial charge in [0.25, 0.3) is 5.91 Å². The highest BCUT2D eigenvalue weighted by Gasteiger charge is 2.52. The maximum atomic E-state index is 11.5. The van der Waals surface area contributed by atoms with Crippen LogP contribution in [0.5, 0.6) is 0 Å². The molecule has 9 heteroatoms. The maximum Gasteiger partial charge on any atom is 0.496 e. The molecule has 2 fully saturated rings. The first-order chi connectivity index (χ1) is 11.0. The fraction of sp³-hybridized carbons (Fsp3) is 0.500. The summed E-state index contributed by atoms with van der Waals surface area (Å²) in [6, 6.07) is 6.62. The molecule has 5 unspecified atom stereocenters. The molecule has 2 saturated heterocycles. The second-order valence-electron chi connectivity index (χ2n) is 5.48. The van der Waals surface area contributed by atoms with Crippen LogP contribution in [-0.4, -0.2) is 72.7 Å². The third-order valence-corrected chi connectivity index (χ3v) is 4.04. The molecule has 0 saturated carbocycles. The summed E-state index contributed by atoms with van der Waals surface area (Å²) < 4.78 is 16.6. The lowest BCUT2D eigenvalue weighted by molar-refractivity contribution is -0.249. The van der Waals surface area contributed by atoms with Gasteiger partial charge in [-0.3, -0.25) is 4.79 Å². The average Bonchev–Trinajstić information content (AvgIpc) is 3.01. The van der Waals surface area contributed by atoms with E-state index in [0.29, 0.717) is 11.0 Å². The van der Waals surface area contributed by atoms with Gasteiger partial charge in [-0.25, -0.2) is 0 Å². The molecule has 23 heavy (non-hydrogen) atoms. The van der Waals surface area contributed by atoms with Crippen molar-refractivity contribution in [1.29, 1.82) is 0 Å². The zero-order valence-electron chi connectivity index (χ0n) is 12.5. The fourth-order valence-corrected chi connectivity index (χ4v) is 2.70. The number of nitrogens with one attached hydrogen (secondary N) is 1. The average molecular weight is 323 g/mol. The van der Waals surface area contributed by atoms with Crippen LogP contribution in [0.25, 0.3) is 0 Å². The lowest BCUT2D eigenvalue weighted by atomic mass is 9.79. The van der Waals surface area contributed by atoms with Crippen molar-refractivity contribution >= 4 is 18.5 Å². The number of aliphatic hydroxyl groups is 3. The number of hydrogen-bond acceptors (Lipinski definition) is 7. The van der Waals surface area contributed by atoms with Crippen molar-refractivity contribution in [1.82, 2.24) is 5.32 Å². The second-order valence-corrected chi connectivity index (χ2v) is 5.48. The van der Waals surface area contributed by atoms with E-state index in [9.17, 15) is 15.0 Å². The lowest BCUT2D eigenvalue weighted by Gasteiger charge is -2.37. The highest BCUT2D eigenvalue weighted by atomic mass is 16.8. The number of rotatable bonds is 3.